The van der Waals surface area contributed by atoms with E-state index in [4.69, 9.17) is 5.73 Å². The van der Waals surface area contributed by atoms with Gasteiger partial charge in [-0.05, 0) is 31.6 Å². The fourth-order valence-corrected chi connectivity index (χ4v) is 3.93. The molecule has 4 N–H and O–H groups in total. The van der Waals surface area contributed by atoms with Crippen molar-refractivity contribution in [3.63, 3.8) is 0 Å². The molecule has 0 aromatic rings. The molecule has 0 radical (unpaired) electrons. The predicted octanol–water partition coefficient (Wildman–Crippen LogP) is 1.95. The van der Waals surface area contributed by atoms with E-state index >= 15 is 0 Å². The van der Waals surface area contributed by atoms with Gasteiger partial charge in [0.2, 0.25) is 5.91 Å². The Labute approximate surface area is 122 Å². The summed E-state index contributed by atoms with van der Waals surface area (Å²) in [7, 11) is 0. The molecule has 2 atom stereocenters. The second-order valence-electron chi connectivity index (χ2n) is 7.26. The Bertz CT molecular complexity index is 339. The zero-order chi connectivity index (χ0) is 14.6. The van der Waals surface area contributed by atoms with E-state index in [0.29, 0.717) is 12.5 Å². The van der Waals surface area contributed by atoms with Crippen LogP contribution in [0, 0.1) is 11.3 Å². The van der Waals surface area contributed by atoms with Gasteiger partial charge in [0.1, 0.15) is 0 Å². The van der Waals surface area contributed by atoms with Crippen LogP contribution >= 0.6 is 0 Å². The Kier molecular flexibility index (Phi) is 5.08. The summed E-state index contributed by atoms with van der Waals surface area (Å²) in [4.78, 5) is 12.4. The summed E-state index contributed by atoms with van der Waals surface area (Å²) < 4.78 is 0. The molecule has 2 aliphatic rings. The van der Waals surface area contributed by atoms with E-state index in [-0.39, 0.29) is 17.9 Å². The molecule has 4 heteroatoms. The standard InChI is InChI=1S/C16H30N2O2/c1-13-6-5-9-16(17,10-13)14(20)18-11-15(12-19)7-3-2-4-8-15/h13,19H,2-12,17H2,1H3,(H,18,20). The Balaban J connectivity index is 1.90. The summed E-state index contributed by atoms with van der Waals surface area (Å²) in [5.41, 5.74) is 5.52. The average Bonchev–Trinajstić information content (AvgIpc) is 2.45. The third kappa shape index (κ3) is 3.53. The van der Waals surface area contributed by atoms with Crippen LogP contribution in [-0.4, -0.2) is 29.7 Å². The van der Waals surface area contributed by atoms with E-state index in [1.807, 2.05) is 0 Å². The zero-order valence-corrected chi connectivity index (χ0v) is 12.8. The van der Waals surface area contributed by atoms with Crippen molar-refractivity contribution < 1.29 is 9.90 Å². The summed E-state index contributed by atoms with van der Waals surface area (Å²) in [6.07, 6.45) is 9.36. The topological polar surface area (TPSA) is 75.4 Å². The fraction of sp³-hybridized carbons (Fsp3) is 0.938. The summed E-state index contributed by atoms with van der Waals surface area (Å²) in [5.74, 6) is 0.517. The van der Waals surface area contributed by atoms with Crippen molar-refractivity contribution >= 4 is 5.91 Å². The molecule has 0 aromatic carbocycles. The van der Waals surface area contributed by atoms with E-state index in [1.165, 1.54) is 12.8 Å². The summed E-state index contributed by atoms with van der Waals surface area (Å²) >= 11 is 0. The molecule has 2 saturated carbocycles. The van der Waals surface area contributed by atoms with Gasteiger partial charge in [0.15, 0.2) is 0 Å². The molecule has 0 heterocycles. The van der Waals surface area contributed by atoms with Crippen LogP contribution in [0.1, 0.15) is 64.7 Å². The number of hydrogen-bond donors (Lipinski definition) is 3. The lowest BCUT2D eigenvalue weighted by atomic mass is 9.73. The maximum atomic E-state index is 12.4. The van der Waals surface area contributed by atoms with Crippen LogP contribution in [0.2, 0.25) is 0 Å². The molecule has 4 nitrogen and oxygen atoms in total. The van der Waals surface area contributed by atoms with Gasteiger partial charge < -0.3 is 16.2 Å². The van der Waals surface area contributed by atoms with Crippen LogP contribution in [0.4, 0.5) is 0 Å². The van der Waals surface area contributed by atoms with Crippen molar-refractivity contribution in [1.29, 1.82) is 0 Å². The van der Waals surface area contributed by atoms with E-state index in [0.717, 1.165) is 44.9 Å². The first kappa shape index (κ1) is 15.8. The summed E-state index contributed by atoms with van der Waals surface area (Å²) in [6, 6.07) is 0. The van der Waals surface area contributed by atoms with Gasteiger partial charge in [-0.25, -0.2) is 0 Å². The molecule has 116 valence electrons. The highest BCUT2D eigenvalue weighted by atomic mass is 16.3. The van der Waals surface area contributed by atoms with Crippen LogP contribution in [0.15, 0.2) is 0 Å². The first-order valence-electron chi connectivity index (χ1n) is 8.18. The average molecular weight is 282 g/mol. The molecule has 0 spiro atoms. The highest BCUT2D eigenvalue weighted by molar-refractivity contribution is 5.86. The predicted molar refractivity (Wildman–Crippen MR) is 80.2 cm³/mol. The number of carbonyl (C=O) groups excluding carboxylic acids is 1. The van der Waals surface area contributed by atoms with Crippen molar-refractivity contribution in [2.24, 2.45) is 17.1 Å². The number of aliphatic hydroxyl groups excluding tert-OH is 1. The molecule has 0 aliphatic heterocycles. The number of carbonyl (C=O) groups is 1. The fourth-order valence-electron chi connectivity index (χ4n) is 3.93. The number of hydrogen-bond acceptors (Lipinski definition) is 3. The Morgan fingerprint density at radius 2 is 1.95 bits per heavy atom. The van der Waals surface area contributed by atoms with E-state index in [9.17, 15) is 9.90 Å². The lowest BCUT2D eigenvalue weighted by molar-refractivity contribution is -0.128. The van der Waals surface area contributed by atoms with Crippen molar-refractivity contribution in [2.45, 2.75) is 70.3 Å². The quantitative estimate of drug-likeness (QED) is 0.738. The largest absolute Gasteiger partial charge is 0.396 e. The number of nitrogens with two attached hydrogens (primary N) is 1. The Morgan fingerprint density at radius 1 is 1.25 bits per heavy atom. The monoisotopic (exact) mass is 282 g/mol. The molecule has 0 aromatic heterocycles. The normalized spacial score (nSPS) is 33.6. The molecule has 2 aliphatic carbocycles. The molecule has 0 saturated heterocycles. The second kappa shape index (κ2) is 6.44. The Morgan fingerprint density at radius 3 is 2.55 bits per heavy atom. The number of aliphatic hydroxyl groups is 1. The highest BCUT2D eigenvalue weighted by Crippen LogP contribution is 2.36. The Hall–Kier alpha value is -0.610. The minimum atomic E-state index is -0.691. The third-order valence-electron chi connectivity index (χ3n) is 5.36. The molecule has 1 amide bonds. The molecular formula is C16H30N2O2. The molecule has 20 heavy (non-hydrogen) atoms. The van der Waals surface area contributed by atoms with Gasteiger partial charge in [0.25, 0.3) is 0 Å². The van der Waals surface area contributed by atoms with Gasteiger partial charge in [-0.15, -0.1) is 0 Å². The van der Waals surface area contributed by atoms with Crippen LogP contribution in [0.25, 0.3) is 0 Å². The number of amides is 1. The molecule has 2 fully saturated rings. The van der Waals surface area contributed by atoms with Gasteiger partial charge in [-0.3, -0.25) is 4.79 Å². The van der Waals surface area contributed by atoms with Crippen LogP contribution in [-0.2, 0) is 4.79 Å². The second-order valence-corrected chi connectivity index (χ2v) is 7.26. The molecule has 2 rings (SSSR count). The lowest BCUT2D eigenvalue weighted by Gasteiger charge is -2.39. The van der Waals surface area contributed by atoms with E-state index in [2.05, 4.69) is 12.2 Å². The van der Waals surface area contributed by atoms with Gasteiger partial charge in [-0.1, -0.05) is 39.0 Å². The highest BCUT2D eigenvalue weighted by Gasteiger charge is 2.39. The van der Waals surface area contributed by atoms with Gasteiger partial charge in [-0.2, -0.15) is 0 Å². The first-order valence-corrected chi connectivity index (χ1v) is 8.18. The van der Waals surface area contributed by atoms with E-state index in [1.54, 1.807) is 0 Å². The summed E-state index contributed by atoms with van der Waals surface area (Å²) in [6.45, 7) is 2.92. The third-order valence-corrected chi connectivity index (χ3v) is 5.36. The van der Waals surface area contributed by atoms with Gasteiger partial charge >= 0.3 is 0 Å². The minimum absolute atomic E-state index is 0.0116. The molecule has 0 bridgehead atoms. The van der Waals surface area contributed by atoms with Crippen molar-refractivity contribution in [3.8, 4) is 0 Å². The van der Waals surface area contributed by atoms with Crippen LogP contribution < -0.4 is 11.1 Å². The lowest BCUT2D eigenvalue weighted by Crippen LogP contribution is -2.58. The minimum Gasteiger partial charge on any atom is -0.396 e. The number of rotatable bonds is 4. The SMILES string of the molecule is CC1CCCC(N)(C(=O)NCC2(CO)CCCCC2)C1. The first-order chi connectivity index (χ1) is 9.50. The molecular weight excluding hydrogens is 252 g/mol. The van der Waals surface area contributed by atoms with Crippen LogP contribution in [0.3, 0.4) is 0 Å². The zero-order valence-electron chi connectivity index (χ0n) is 12.8. The van der Waals surface area contributed by atoms with Gasteiger partial charge in [0, 0.05) is 12.0 Å². The maximum absolute atomic E-state index is 12.4. The van der Waals surface area contributed by atoms with Gasteiger partial charge in [0.05, 0.1) is 12.1 Å². The van der Waals surface area contributed by atoms with Crippen molar-refractivity contribution in [2.75, 3.05) is 13.2 Å². The number of nitrogens with one attached hydrogen (secondary N) is 1. The van der Waals surface area contributed by atoms with E-state index < -0.39 is 5.54 Å². The summed E-state index contributed by atoms with van der Waals surface area (Å²) in [5, 5.41) is 12.7. The van der Waals surface area contributed by atoms with Crippen molar-refractivity contribution in [3.05, 3.63) is 0 Å². The van der Waals surface area contributed by atoms with Crippen LogP contribution in [0.5, 0.6) is 0 Å². The maximum Gasteiger partial charge on any atom is 0.240 e. The smallest absolute Gasteiger partial charge is 0.240 e. The van der Waals surface area contributed by atoms with Crippen molar-refractivity contribution in [1.82, 2.24) is 5.32 Å². The molecule has 2 unspecified atom stereocenters.